The van der Waals surface area contributed by atoms with Crippen LogP contribution in [0.2, 0.25) is 0 Å². The minimum atomic E-state index is -0.0531. The van der Waals surface area contributed by atoms with Crippen LogP contribution in [-0.4, -0.2) is 40.4 Å². The molecule has 0 aromatic heterocycles. The number of hydrogen-bond acceptors (Lipinski definition) is 3. The van der Waals surface area contributed by atoms with Crippen molar-refractivity contribution in [1.82, 2.24) is 10.2 Å². The second kappa shape index (κ2) is 5.78. The lowest BCUT2D eigenvalue weighted by molar-refractivity contribution is -0.135. The third-order valence-electron chi connectivity index (χ3n) is 4.55. The maximum atomic E-state index is 12.8. The summed E-state index contributed by atoms with van der Waals surface area (Å²) in [6.07, 6.45) is 0.819. The topological polar surface area (TPSA) is 32.3 Å². The monoisotopic (exact) mass is 290 g/mol. The molecule has 1 amide bonds. The molecule has 2 heterocycles. The van der Waals surface area contributed by atoms with Gasteiger partial charge in [-0.3, -0.25) is 4.79 Å². The summed E-state index contributed by atoms with van der Waals surface area (Å²) in [5.41, 5.74) is 2.64. The summed E-state index contributed by atoms with van der Waals surface area (Å²) in [7, 11) is 0. The number of fused-ring (bicyclic) bond motifs is 1. The summed E-state index contributed by atoms with van der Waals surface area (Å²) >= 11 is 1.97. The molecule has 0 bridgehead atoms. The highest BCUT2D eigenvalue weighted by Crippen LogP contribution is 2.26. The van der Waals surface area contributed by atoms with Crippen molar-refractivity contribution < 1.29 is 4.79 Å². The zero-order valence-corrected chi connectivity index (χ0v) is 13.0. The molecule has 2 unspecified atom stereocenters. The molecule has 108 valence electrons. The fourth-order valence-electron chi connectivity index (χ4n) is 3.07. The van der Waals surface area contributed by atoms with Gasteiger partial charge in [0.15, 0.2) is 0 Å². The Kier molecular flexibility index (Phi) is 4.03. The molecule has 1 saturated heterocycles. The van der Waals surface area contributed by atoms with Gasteiger partial charge in [-0.25, -0.2) is 0 Å². The number of hydrogen-bond donors (Lipinski definition) is 1. The summed E-state index contributed by atoms with van der Waals surface area (Å²) in [6.45, 7) is 6.08. The summed E-state index contributed by atoms with van der Waals surface area (Å²) in [5.74, 6) is 1.33. The van der Waals surface area contributed by atoms with Crippen LogP contribution >= 0.6 is 11.8 Å². The molecule has 4 heteroatoms. The van der Waals surface area contributed by atoms with E-state index in [9.17, 15) is 4.79 Å². The van der Waals surface area contributed by atoms with Gasteiger partial charge in [-0.1, -0.05) is 31.2 Å². The smallest absolute Gasteiger partial charge is 0.240 e. The second-order valence-electron chi connectivity index (χ2n) is 5.75. The molecule has 1 fully saturated rings. The van der Waals surface area contributed by atoms with Crippen LogP contribution in [0, 0.1) is 0 Å². The van der Waals surface area contributed by atoms with Gasteiger partial charge in [-0.2, -0.15) is 11.8 Å². The Labute approximate surface area is 125 Å². The summed E-state index contributed by atoms with van der Waals surface area (Å²) in [4.78, 5) is 14.8. The predicted octanol–water partition coefficient (Wildman–Crippen LogP) is 2.05. The van der Waals surface area contributed by atoms with E-state index in [0.717, 1.165) is 25.3 Å². The van der Waals surface area contributed by atoms with Crippen molar-refractivity contribution in [3.8, 4) is 0 Å². The molecule has 3 atom stereocenters. The summed E-state index contributed by atoms with van der Waals surface area (Å²) in [5, 5.41) is 3.94. The number of amides is 1. The number of rotatable bonds is 1. The highest BCUT2D eigenvalue weighted by molar-refractivity contribution is 8.00. The summed E-state index contributed by atoms with van der Waals surface area (Å²) < 4.78 is 0. The van der Waals surface area contributed by atoms with Crippen LogP contribution in [0.4, 0.5) is 0 Å². The number of carbonyl (C=O) groups excluding carboxylic acids is 1. The third kappa shape index (κ3) is 2.59. The van der Waals surface area contributed by atoms with E-state index in [4.69, 9.17) is 0 Å². The fourth-order valence-corrected chi connectivity index (χ4v) is 4.17. The molecule has 1 N–H and O–H groups in total. The van der Waals surface area contributed by atoms with Gasteiger partial charge in [0.05, 0.1) is 6.04 Å². The molecule has 0 saturated carbocycles. The molecule has 0 radical (unpaired) electrons. The Morgan fingerprint density at radius 1 is 1.30 bits per heavy atom. The van der Waals surface area contributed by atoms with E-state index in [1.54, 1.807) is 0 Å². The lowest BCUT2D eigenvalue weighted by Crippen LogP contribution is -2.56. The molecular formula is C16H22N2OS. The van der Waals surface area contributed by atoms with Crippen molar-refractivity contribution in [2.45, 2.75) is 44.1 Å². The van der Waals surface area contributed by atoms with Crippen molar-refractivity contribution >= 4 is 17.7 Å². The molecule has 0 aliphatic carbocycles. The number of carbonyl (C=O) groups is 1. The average molecular weight is 290 g/mol. The summed E-state index contributed by atoms with van der Waals surface area (Å²) in [6, 6.07) is 8.70. The first-order valence-corrected chi connectivity index (χ1v) is 8.44. The molecule has 0 spiro atoms. The highest BCUT2D eigenvalue weighted by Gasteiger charge is 2.34. The largest absolute Gasteiger partial charge is 0.337 e. The molecule has 3 rings (SSSR count). The van der Waals surface area contributed by atoms with Gasteiger partial charge in [0.25, 0.3) is 0 Å². The SMILES string of the molecule is CC1SCCN(C(=O)[C@@H]2Cc3ccccc3CN2)C1C. The fraction of sp³-hybridized carbons (Fsp3) is 0.562. The number of nitrogens with zero attached hydrogens (tertiary/aromatic N) is 1. The van der Waals surface area contributed by atoms with Crippen molar-refractivity contribution in [2.75, 3.05) is 12.3 Å². The van der Waals surface area contributed by atoms with E-state index in [1.807, 2.05) is 11.8 Å². The van der Waals surface area contributed by atoms with E-state index >= 15 is 0 Å². The van der Waals surface area contributed by atoms with Gasteiger partial charge in [-0.15, -0.1) is 0 Å². The van der Waals surface area contributed by atoms with Gasteiger partial charge in [0.1, 0.15) is 0 Å². The van der Waals surface area contributed by atoms with Gasteiger partial charge < -0.3 is 10.2 Å². The van der Waals surface area contributed by atoms with Crippen LogP contribution in [0.3, 0.4) is 0 Å². The lowest BCUT2D eigenvalue weighted by Gasteiger charge is -2.40. The molecule has 2 aliphatic heterocycles. The molecule has 1 aromatic carbocycles. The van der Waals surface area contributed by atoms with Crippen LogP contribution in [-0.2, 0) is 17.8 Å². The van der Waals surface area contributed by atoms with Crippen molar-refractivity contribution in [3.05, 3.63) is 35.4 Å². The number of thioether (sulfide) groups is 1. The molecule has 2 aliphatic rings. The highest BCUT2D eigenvalue weighted by atomic mass is 32.2. The van der Waals surface area contributed by atoms with Crippen molar-refractivity contribution in [2.24, 2.45) is 0 Å². The maximum absolute atomic E-state index is 12.8. The Morgan fingerprint density at radius 3 is 2.85 bits per heavy atom. The normalized spacial score (nSPS) is 29.9. The van der Waals surface area contributed by atoms with Crippen LogP contribution in [0.5, 0.6) is 0 Å². The van der Waals surface area contributed by atoms with E-state index in [0.29, 0.717) is 11.3 Å². The Bertz CT molecular complexity index is 505. The van der Waals surface area contributed by atoms with Crippen LogP contribution in [0.1, 0.15) is 25.0 Å². The maximum Gasteiger partial charge on any atom is 0.240 e. The molecule has 1 aromatic rings. The Morgan fingerprint density at radius 2 is 2.05 bits per heavy atom. The molecule has 3 nitrogen and oxygen atoms in total. The molecule has 20 heavy (non-hydrogen) atoms. The van der Waals surface area contributed by atoms with Crippen LogP contribution in [0.25, 0.3) is 0 Å². The first kappa shape index (κ1) is 14.0. The minimum absolute atomic E-state index is 0.0531. The number of nitrogens with one attached hydrogen (secondary N) is 1. The van der Waals surface area contributed by atoms with Crippen molar-refractivity contribution in [1.29, 1.82) is 0 Å². The third-order valence-corrected chi connectivity index (χ3v) is 5.88. The van der Waals surface area contributed by atoms with E-state index in [-0.39, 0.29) is 11.9 Å². The first-order valence-electron chi connectivity index (χ1n) is 7.39. The van der Waals surface area contributed by atoms with Gasteiger partial charge in [0.2, 0.25) is 5.91 Å². The Hall–Kier alpha value is -1.00. The standard InChI is InChI=1S/C16H22N2OS/c1-11-12(2)20-8-7-18(11)16(19)15-9-13-5-3-4-6-14(13)10-17-15/h3-6,11-12,15,17H,7-10H2,1-2H3/t11?,12?,15-/m0/s1. The van der Waals surface area contributed by atoms with E-state index < -0.39 is 0 Å². The second-order valence-corrected chi connectivity index (χ2v) is 7.24. The molecular weight excluding hydrogens is 268 g/mol. The first-order chi connectivity index (χ1) is 9.66. The Balaban J connectivity index is 1.72. The van der Waals surface area contributed by atoms with Gasteiger partial charge in [0, 0.05) is 30.1 Å². The van der Waals surface area contributed by atoms with Gasteiger partial charge >= 0.3 is 0 Å². The van der Waals surface area contributed by atoms with Crippen LogP contribution < -0.4 is 5.32 Å². The van der Waals surface area contributed by atoms with E-state index in [1.165, 1.54) is 11.1 Å². The zero-order chi connectivity index (χ0) is 14.1. The average Bonchev–Trinajstić information content (AvgIpc) is 2.49. The quantitative estimate of drug-likeness (QED) is 0.859. The van der Waals surface area contributed by atoms with Gasteiger partial charge in [-0.05, 0) is 24.5 Å². The lowest BCUT2D eigenvalue weighted by atomic mass is 9.95. The number of benzene rings is 1. The zero-order valence-electron chi connectivity index (χ0n) is 12.1. The predicted molar refractivity (Wildman–Crippen MR) is 83.9 cm³/mol. The van der Waals surface area contributed by atoms with Crippen LogP contribution in [0.15, 0.2) is 24.3 Å². The minimum Gasteiger partial charge on any atom is -0.337 e. The van der Waals surface area contributed by atoms with Crippen molar-refractivity contribution in [3.63, 3.8) is 0 Å². The van der Waals surface area contributed by atoms with E-state index in [2.05, 4.69) is 48.3 Å².